The molecule has 8 heteroatoms. The van der Waals surface area contributed by atoms with Gasteiger partial charge in [0.05, 0.1) is 30.0 Å². The van der Waals surface area contributed by atoms with Gasteiger partial charge in [0, 0.05) is 5.70 Å². The number of para-hydroxylation sites is 3. The van der Waals surface area contributed by atoms with Crippen LogP contribution in [0.3, 0.4) is 0 Å². The Bertz CT molecular complexity index is 1290. The summed E-state index contributed by atoms with van der Waals surface area (Å²) in [4.78, 5) is 40.3. The Morgan fingerprint density at radius 3 is 2.26 bits per heavy atom. The Kier molecular flexibility index (Phi) is 6.31. The molecule has 0 aliphatic carbocycles. The number of hydrogen-bond donors (Lipinski definition) is 3. The zero-order chi connectivity index (χ0) is 24.2. The summed E-state index contributed by atoms with van der Waals surface area (Å²) in [6, 6.07) is 21.5. The summed E-state index contributed by atoms with van der Waals surface area (Å²) < 4.78 is 5.44. The normalized spacial score (nSPS) is 16.9. The van der Waals surface area contributed by atoms with E-state index in [1.165, 1.54) is 24.1 Å². The minimum Gasteiger partial charge on any atom is -0.507 e. The molecule has 4 rings (SSSR count). The molecule has 0 radical (unpaired) electrons. The molecule has 172 valence electrons. The van der Waals surface area contributed by atoms with Crippen LogP contribution in [0.15, 0.2) is 90.1 Å². The van der Waals surface area contributed by atoms with Crippen molar-refractivity contribution in [2.75, 3.05) is 12.0 Å². The maximum Gasteiger partial charge on any atom is 0.300 e. The van der Waals surface area contributed by atoms with Crippen LogP contribution in [0, 0.1) is 0 Å². The molecule has 1 saturated heterocycles. The monoisotopic (exact) mass is 457 g/mol. The standard InChI is InChI=1S/C26H23N3O5/c1-16(27-28-25(32)18-12-6-8-14-20(18)30)22-23(17-10-4-3-5-11-17)29(26(33)24(22)31)19-13-7-9-15-21(19)34-2/h3-15,23,27,30H,1-2H3,(H,28,32)/b22-16-. The lowest BCUT2D eigenvalue weighted by Gasteiger charge is -2.27. The molecule has 3 N–H and O–H groups in total. The van der Waals surface area contributed by atoms with Crippen molar-refractivity contribution in [3.05, 3.63) is 101 Å². The number of amides is 2. The third-order valence-corrected chi connectivity index (χ3v) is 5.57. The van der Waals surface area contributed by atoms with Gasteiger partial charge in [-0.3, -0.25) is 24.7 Å². The van der Waals surface area contributed by atoms with Crippen molar-refractivity contribution in [1.82, 2.24) is 10.9 Å². The summed E-state index contributed by atoms with van der Waals surface area (Å²) in [6.45, 7) is 1.60. The lowest BCUT2D eigenvalue weighted by Crippen LogP contribution is -2.37. The molecule has 1 heterocycles. The van der Waals surface area contributed by atoms with E-state index in [1.807, 2.05) is 30.3 Å². The van der Waals surface area contributed by atoms with Crippen molar-refractivity contribution in [1.29, 1.82) is 0 Å². The van der Waals surface area contributed by atoms with Gasteiger partial charge in [0.1, 0.15) is 11.5 Å². The predicted octanol–water partition coefficient (Wildman–Crippen LogP) is 3.27. The molecule has 3 aromatic carbocycles. The van der Waals surface area contributed by atoms with Crippen molar-refractivity contribution in [3.8, 4) is 11.5 Å². The zero-order valence-electron chi connectivity index (χ0n) is 18.6. The maximum absolute atomic E-state index is 13.2. The summed E-state index contributed by atoms with van der Waals surface area (Å²) in [5, 5.41) is 9.92. The molecule has 1 aliphatic heterocycles. The minimum atomic E-state index is -0.743. The number of aromatic hydroxyl groups is 1. The van der Waals surface area contributed by atoms with Crippen molar-refractivity contribution in [2.45, 2.75) is 13.0 Å². The smallest absolute Gasteiger partial charge is 0.300 e. The highest BCUT2D eigenvalue weighted by Gasteiger charge is 2.46. The van der Waals surface area contributed by atoms with Crippen LogP contribution in [0.1, 0.15) is 28.9 Å². The fraction of sp³-hybridized carbons (Fsp3) is 0.115. The van der Waals surface area contributed by atoms with E-state index in [4.69, 9.17) is 4.74 Å². The summed E-state index contributed by atoms with van der Waals surface area (Å²) in [7, 11) is 1.50. The molecule has 1 aliphatic rings. The van der Waals surface area contributed by atoms with Crippen molar-refractivity contribution in [2.24, 2.45) is 0 Å². The molecule has 0 saturated carbocycles. The second kappa shape index (κ2) is 9.50. The van der Waals surface area contributed by atoms with E-state index < -0.39 is 23.6 Å². The van der Waals surface area contributed by atoms with E-state index in [2.05, 4.69) is 10.9 Å². The number of nitrogens with zero attached hydrogens (tertiary/aromatic N) is 1. The second-order valence-electron chi connectivity index (χ2n) is 7.62. The minimum absolute atomic E-state index is 0.0666. The molecule has 1 atom stereocenters. The third kappa shape index (κ3) is 4.09. The first kappa shape index (κ1) is 22.6. The van der Waals surface area contributed by atoms with Crippen LogP contribution in [0.5, 0.6) is 11.5 Å². The van der Waals surface area contributed by atoms with Crippen LogP contribution in [0.4, 0.5) is 5.69 Å². The van der Waals surface area contributed by atoms with Gasteiger partial charge in [0.2, 0.25) is 0 Å². The molecule has 0 aromatic heterocycles. The number of phenols is 1. The molecule has 1 unspecified atom stereocenters. The molecule has 1 fully saturated rings. The molecule has 0 spiro atoms. The van der Waals surface area contributed by atoms with Gasteiger partial charge < -0.3 is 15.3 Å². The van der Waals surface area contributed by atoms with Crippen LogP contribution < -0.4 is 20.5 Å². The highest BCUT2D eigenvalue weighted by molar-refractivity contribution is 6.51. The first-order chi connectivity index (χ1) is 16.4. The summed E-state index contributed by atoms with van der Waals surface area (Å²) >= 11 is 0. The Hall–Kier alpha value is -4.59. The number of carbonyl (C=O) groups is 3. The SMILES string of the molecule is COc1ccccc1N1C(=O)C(=O)/C(=C(/C)NNC(=O)c2ccccc2O)C1c1ccccc1. The average molecular weight is 457 g/mol. The Labute approximate surface area is 196 Å². The van der Waals surface area contributed by atoms with E-state index in [9.17, 15) is 19.5 Å². The van der Waals surface area contributed by atoms with Crippen LogP contribution >= 0.6 is 0 Å². The summed E-state index contributed by atoms with van der Waals surface area (Å²) in [5.41, 5.74) is 6.96. The Morgan fingerprint density at radius 2 is 1.56 bits per heavy atom. The number of hydrogen-bond acceptors (Lipinski definition) is 6. The third-order valence-electron chi connectivity index (χ3n) is 5.57. The van der Waals surface area contributed by atoms with Crippen LogP contribution in [0.2, 0.25) is 0 Å². The molecular formula is C26H23N3O5. The van der Waals surface area contributed by atoms with Gasteiger partial charge in [0.15, 0.2) is 0 Å². The molecule has 0 bridgehead atoms. The summed E-state index contributed by atoms with van der Waals surface area (Å²) in [6.07, 6.45) is 0. The highest BCUT2D eigenvalue weighted by atomic mass is 16.5. The van der Waals surface area contributed by atoms with Gasteiger partial charge in [-0.2, -0.15) is 0 Å². The Balaban J connectivity index is 1.75. The highest BCUT2D eigenvalue weighted by Crippen LogP contribution is 2.43. The number of carbonyl (C=O) groups excluding carboxylic acids is 3. The van der Waals surface area contributed by atoms with E-state index in [0.717, 1.165) is 5.56 Å². The molecule has 8 nitrogen and oxygen atoms in total. The molecule has 2 amide bonds. The predicted molar refractivity (Wildman–Crippen MR) is 126 cm³/mol. The van der Waals surface area contributed by atoms with Crippen molar-refractivity contribution < 1.29 is 24.2 Å². The number of allylic oxidation sites excluding steroid dienone is 1. The summed E-state index contributed by atoms with van der Waals surface area (Å²) in [5.74, 6) is -1.72. The largest absolute Gasteiger partial charge is 0.507 e. The van der Waals surface area contributed by atoms with Crippen LogP contribution in [-0.4, -0.2) is 29.8 Å². The number of benzene rings is 3. The van der Waals surface area contributed by atoms with Crippen molar-refractivity contribution in [3.63, 3.8) is 0 Å². The molecule has 3 aromatic rings. The van der Waals surface area contributed by atoms with Gasteiger partial charge >= 0.3 is 0 Å². The van der Waals surface area contributed by atoms with Crippen molar-refractivity contribution >= 4 is 23.3 Å². The van der Waals surface area contributed by atoms with E-state index >= 15 is 0 Å². The number of rotatable bonds is 6. The van der Waals surface area contributed by atoms with Gasteiger partial charge in [-0.1, -0.05) is 54.6 Å². The van der Waals surface area contributed by atoms with Crippen LogP contribution in [-0.2, 0) is 9.59 Å². The van der Waals surface area contributed by atoms with Gasteiger partial charge in [-0.05, 0) is 36.8 Å². The number of nitrogens with one attached hydrogen (secondary N) is 2. The number of anilines is 1. The lowest BCUT2D eigenvalue weighted by molar-refractivity contribution is -0.132. The lowest BCUT2D eigenvalue weighted by atomic mass is 9.97. The van der Waals surface area contributed by atoms with Crippen LogP contribution in [0.25, 0.3) is 0 Å². The number of ketones is 1. The number of hydrazine groups is 1. The first-order valence-corrected chi connectivity index (χ1v) is 10.5. The van der Waals surface area contributed by atoms with E-state index in [-0.39, 0.29) is 16.9 Å². The number of ether oxygens (including phenoxy) is 1. The van der Waals surface area contributed by atoms with Gasteiger partial charge in [-0.15, -0.1) is 0 Å². The zero-order valence-corrected chi connectivity index (χ0v) is 18.6. The number of methoxy groups -OCH3 is 1. The number of Topliss-reactive ketones (excluding diaryl/α,β-unsaturated/α-hetero) is 1. The topological polar surface area (TPSA) is 108 Å². The molecule has 34 heavy (non-hydrogen) atoms. The maximum atomic E-state index is 13.2. The van der Waals surface area contributed by atoms with E-state index in [1.54, 1.807) is 43.3 Å². The van der Waals surface area contributed by atoms with Gasteiger partial charge in [0.25, 0.3) is 17.6 Å². The van der Waals surface area contributed by atoms with E-state index in [0.29, 0.717) is 17.1 Å². The number of phenolic OH excluding ortho intramolecular Hbond substituents is 1. The van der Waals surface area contributed by atoms with Gasteiger partial charge in [-0.25, -0.2) is 0 Å². The fourth-order valence-corrected chi connectivity index (χ4v) is 3.95. The fourth-order valence-electron chi connectivity index (χ4n) is 3.95. The second-order valence-corrected chi connectivity index (χ2v) is 7.62. The Morgan fingerprint density at radius 1 is 0.912 bits per heavy atom. The molecular weight excluding hydrogens is 434 g/mol. The first-order valence-electron chi connectivity index (χ1n) is 10.5. The average Bonchev–Trinajstić information content (AvgIpc) is 3.13. The quantitative estimate of drug-likeness (QED) is 0.298.